The summed E-state index contributed by atoms with van der Waals surface area (Å²) in [4.78, 5) is 15.0. The normalized spacial score (nSPS) is 10.4. The van der Waals surface area contributed by atoms with Crippen LogP contribution in [-0.2, 0) is 9.47 Å². The maximum Gasteiger partial charge on any atom is 0.267 e. The topological polar surface area (TPSA) is 112 Å². The Morgan fingerprint density at radius 3 is 2.84 bits per heavy atom. The Bertz CT molecular complexity index is 412. The van der Waals surface area contributed by atoms with Crippen molar-refractivity contribution in [3.63, 3.8) is 0 Å². The number of carbonyl (C=O) groups is 1. The third-order valence-corrected chi connectivity index (χ3v) is 2.37. The zero-order chi connectivity index (χ0) is 14.1. The van der Waals surface area contributed by atoms with E-state index in [-0.39, 0.29) is 5.69 Å². The van der Waals surface area contributed by atoms with Gasteiger partial charge in [0.25, 0.3) is 5.91 Å². The van der Waals surface area contributed by atoms with E-state index in [0.29, 0.717) is 37.9 Å². The fourth-order valence-corrected chi connectivity index (χ4v) is 1.37. The van der Waals surface area contributed by atoms with E-state index in [1.54, 1.807) is 13.2 Å². The molecule has 7 nitrogen and oxygen atoms in total. The minimum Gasteiger partial charge on any atom is -0.396 e. The van der Waals surface area contributed by atoms with Crippen molar-refractivity contribution in [3.8, 4) is 0 Å². The fourth-order valence-electron chi connectivity index (χ4n) is 1.37. The summed E-state index contributed by atoms with van der Waals surface area (Å²) in [6.45, 7) is 2.43. The number of nitrogen functional groups attached to an aromatic ring is 1. The second-order valence-electron chi connectivity index (χ2n) is 3.88. The first-order valence-electron chi connectivity index (χ1n) is 6.02. The predicted octanol–water partition coefficient (Wildman–Crippen LogP) is 0.228. The summed E-state index contributed by atoms with van der Waals surface area (Å²) in [5, 5.41) is 3.04. The standard InChI is InChI=1S/C12H20N4O3/c1-18-7-8-19-6-2-5-15-12-9(13)3-4-10(16-12)11(14)17/h3-4H,2,5-8,13H2,1H3,(H2,14,17)(H,15,16). The van der Waals surface area contributed by atoms with Crippen molar-refractivity contribution in [1.29, 1.82) is 0 Å². The molecule has 0 fully saturated rings. The SMILES string of the molecule is COCCOCCCNc1nc(C(N)=O)ccc1N. The van der Waals surface area contributed by atoms with Crippen molar-refractivity contribution in [2.45, 2.75) is 6.42 Å². The molecular formula is C12H20N4O3. The number of pyridine rings is 1. The van der Waals surface area contributed by atoms with Crippen LogP contribution in [0.2, 0.25) is 0 Å². The largest absolute Gasteiger partial charge is 0.396 e. The van der Waals surface area contributed by atoms with E-state index in [1.165, 1.54) is 6.07 Å². The van der Waals surface area contributed by atoms with Gasteiger partial charge in [-0.1, -0.05) is 0 Å². The lowest BCUT2D eigenvalue weighted by Gasteiger charge is -2.09. The summed E-state index contributed by atoms with van der Waals surface area (Å²) in [5.74, 6) is -0.112. The van der Waals surface area contributed by atoms with Gasteiger partial charge in [-0.2, -0.15) is 0 Å². The van der Waals surface area contributed by atoms with Gasteiger partial charge in [0.1, 0.15) is 11.5 Å². The number of amides is 1. The first-order valence-corrected chi connectivity index (χ1v) is 6.02. The van der Waals surface area contributed by atoms with Gasteiger partial charge in [0.15, 0.2) is 0 Å². The Kier molecular flexibility index (Phi) is 6.62. The van der Waals surface area contributed by atoms with Gasteiger partial charge in [-0.3, -0.25) is 4.79 Å². The number of nitrogens with zero attached hydrogens (tertiary/aromatic N) is 1. The number of hydrogen-bond donors (Lipinski definition) is 3. The molecule has 0 radical (unpaired) electrons. The van der Waals surface area contributed by atoms with E-state index in [2.05, 4.69) is 10.3 Å². The van der Waals surface area contributed by atoms with Gasteiger partial charge in [0.2, 0.25) is 0 Å². The van der Waals surface area contributed by atoms with E-state index in [4.69, 9.17) is 20.9 Å². The van der Waals surface area contributed by atoms with Gasteiger partial charge < -0.3 is 26.3 Å². The second kappa shape index (κ2) is 8.28. The number of methoxy groups -OCH3 is 1. The first kappa shape index (κ1) is 15.2. The van der Waals surface area contributed by atoms with Gasteiger partial charge in [0, 0.05) is 20.3 Å². The minimum absolute atomic E-state index is 0.188. The van der Waals surface area contributed by atoms with E-state index >= 15 is 0 Å². The number of primary amides is 1. The summed E-state index contributed by atoms with van der Waals surface area (Å²) in [6.07, 6.45) is 0.797. The van der Waals surface area contributed by atoms with Crippen LogP contribution in [-0.4, -0.2) is 44.4 Å². The molecule has 0 aliphatic rings. The van der Waals surface area contributed by atoms with Gasteiger partial charge in [-0.15, -0.1) is 0 Å². The highest BCUT2D eigenvalue weighted by Gasteiger charge is 2.06. The molecule has 5 N–H and O–H groups in total. The molecule has 0 saturated carbocycles. The summed E-state index contributed by atoms with van der Waals surface area (Å²) < 4.78 is 10.2. The quantitative estimate of drug-likeness (QED) is 0.552. The highest BCUT2D eigenvalue weighted by molar-refractivity contribution is 5.91. The molecule has 106 valence electrons. The number of nitrogens with two attached hydrogens (primary N) is 2. The molecule has 0 aliphatic heterocycles. The van der Waals surface area contributed by atoms with Crippen LogP contribution in [0, 0.1) is 0 Å². The van der Waals surface area contributed by atoms with E-state index in [1.807, 2.05) is 0 Å². The number of anilines is 2. The third kappa shape index (κ3) is 5.54. The average molecular weight is 268 g/mol. The molecule has 7 heteroatoms. The number of aromatic nitrogens is 1. The fraction of sp³-hybridized carbons (Fsp3) is 0.500. The third-order valence-electron chi connectivity index (χ3n) is 2.37. The Morgan fingerprint density at radius 2 is 2.16 bits per heavy atom. The van der Waals surface area contributed by atoms with Gasteiger partial charge >= 0.3 is 0 Å². The number of ether oxygens (including phenoxy) is 2. The number of rotatable bonds is 9. The van der Waals surface area contributed by atoms with E-state index in [0.717, 1.165) is 6.42 Å². The van der Waals surface area contributed by atoms with Crippen LogP contribution in [0.15, 0.2) is 12.1 Å². The molecule has 0 saturated heterocycles. The molecule has 1 aromatic heterocycles. The predicted molar refractivity (Wildman–Crippen MR) is 73.0 cm³/mol. The number of carbonyl (C=O) groups excluding carboxylic acids is 1. The van der Waals surface area contributed by atoms with Crippen molar-refractivity contribution >= 4 is 17.4 Å². The van der Waals surface area contributed by atoms with Crippen LogP contribution in [0.25, 0.3) is 0 Å². The molecule has 1 aromatic rings. The highest BCUT2D eigenvalue weighted by atomic mass is 16.5. The Labute approximate surface area is 112 Å². The lowest BCUT2D eigenvalue weighted by molar-refractivity contribution is 0.0705. The van der Waals surface area contributed by atoms with Crippen LogP contribution in [0.1, 0.15) is 16.9 Å². The monoisotopic (exact) mass is 268 g/mol. The van der Waals surface area contributed by atoms with Crippen molar-refractivity contribution < 1.29 is 14.3 Å². The maximum absolute atomic E-state index is 11.0. The average Bonchev–Trinajstić information content (AvgIpc) is 2.39. The van der Waals surface area contributed by atoms with Gasteiger partial charge in [-0.05, 0) is 18.6 Å². The van der Waals surface area contributed by atoms with Gasteiger partial charge in [-0.25, -0.2) is 4.98 Å². The van der Waals surface area contributed by atoms with Crippen LogP contribution >= 0.6 is 0 Å². The summed E-state index contributed by atoms with van der Waals surface area (Å²) in [6, 6.07) is 3.10. The number of nitrogens with one attached hydrogen (secondary N) is 1. The molecule has 0 unspecified atom stereocenters. The lowest BCUT2D eigenvalue weighted by Crippen LogP contribution is -2.16. The van der Waals surface area contributed by atoms with Gasteiger partial charge in [0.05, 0.1) is 18.9 Å². The highest BCUT2D eigenvalue weighted by Crippen LogP contribution is 2.15. The number of hydrogen-bond acceptors (Lipinski definition) is 6. The summed E-state index contributed by atoms with van der Waals surface area (Å²) in [7, 11) is 1.63. The van der Waals surface area contributed by atoms with Crippen molar-refractivity contribution in [1.82, 2.24) is 4.98 Å². The molecule has 0 spiro atoms. The molecule has 0 aliphatic carbocycles. The molecule has 0 aromatic carbocycles. The van der Waals surface area contributed by atoms with Crippen LogP contribution in [0.3, 0.4) is 0 Å². The molecule has 1 rings (SSSR count). The Morgan fingerprint density at radius 1 is 1.37 bits per heavy atom. The second-order valence-corrected chi connectivity index (χ2v) is 3.88. The van der Waals surface area contributed by atoms with Crippen LogP contribution < -0.4 is 16.8 Å². The molecule has 1 amide bonds. The molecule has 1 heterocycles. The van der Waals surface area contributed by atoms with E-state index < -0.39 is 5.91 Å². The maximum atomic E-state index is 11.0. The Hall–Kier alpha value is -1.86. The zero-order valence-electron chi connectivity index (χ0n) is 11.0. The van der Waals surface area contributed by atoms with Crippen LogP contribution in [0.5, 0.6) is 0 Å². The molecular weight excluding hydrogens is 248 g/mol. The molecule has 0 atom stereocenters. The summed E-state index contributed by atoms with van der Waals surface area (Å²) in [5.41, 5.74) is 11.6. The lowest BCUT2D eigenvalue weighted by atomic mass is 10.3. The van der Waals surface area contributed by atoms with Crippen molar-refractivity contribution in [2.24, 2.45) is 5.73 Å². The summed E-state index contributed by atoms with van der Waals surface area (Å²) >= 11 is 0. The van der Waals surface area contributed by atoms with Crippen molar-refractivity contribution in [3.05, 3.63) is 17.8 Å². The smallest absolute Gasteiger partial charge is 0.267 e. The molecule has 0 bridgehead atoms. The first-order chi connectivity index (χ1) is 9.15. The molecule has 19 heavy (non-hydrogen) atoms. The minimum atomic E-state index is -0.578. The van der Waals surface area contributed by atoms with E-state index in [9.17, 15) is 4.79 Å². The zero-order valence-corrected chi connectivity index (χ0v) is 11.0. The Balaban J connectivity index is 2.32. The van der Waals surface area contributed by atoms with Crippen LogP contribution in [0.4, 0.5) is 11.5 Å². The van der Waals surface area contributed by atoms with Crippen molar-refractivity contribution in [2.75, 3.05) is 44.5 Å².